The fourth-order valence-electron chi connectivity index (χ4n) is 1.40. The molecule has 76 valence electrons. The van der Waals surface area contributed by atoms with Crippen LogP contribution in [0.1, 0.15) is 24.8 Å². The van der Waals surface area contributed by atoms with Gasteiger partial charge in [-0.05, 0) is 18.4 Å². The molecule has 0 heterocycles. The summed E-state index contributed by atoms with van der Waals surface area (Å²) in [6, 6.07) is 9.97. The topological polar surface area (TPSA) is 9.23 Å². The van der Waals surface area contributed by atoms with Crippen LogP contribution in [0.25, 0.3) is 0 Å². The van der Waals surface area contributed by atoms with Gasteiger partial charge in [0.1, 0.15) is 5.67 Å². The Kier molecular flexibility index (Phi) is 2.82. The van der Waals surface area contributed by atoms with Gasteiger partial charge in [-0.15, -0.1) is 0 Å². The molecule has 0 unspecified atom stereocenters. The quantitative estimate of drug-likeness (QED) is 0.654. The monoisotopic (exact) mass is 194 g/mol. The first-order valence-corrected chi connectivity index (χ1v) is 5.09. The molecule has 2 rings (SSSR count). The summed E-state index contributed by atoms with van der Waals surface area (Å²) in [7, 11) is 0. The van der Waals surface area contributed by atoms with Crippen molar-refractivity contribution in [3.63, 3.8) is 0 Å². The molecular formula is C12H15FO. The van der Waals surface area contributed by atoms with E-state index in [0.717, 1.165) is 18.4 Å². The maximum Gasteiger partial charge on any atom is 0.113 e. The van der Waals surface area contributed by atoms with Gasteiger partial charge >= 0.3 is 0 Å². The minimum absolute atomic E-state index is 0.533. The lowest BCUT2D eigenvalue weighted by molar-refractivity contribution is 0.0946. The third-order valence-electron chi connectivity index (χ3n) is 2.60. The molecule has 1 aromatic rings. The van der Waals surface area contributed by atoms with Gasteiger partial charge in [0.2, 0.25) is 0 Å². The van der Waals surface area contributed by atoms with E-state index in [9.17, 15) is 4.39 Å². The maximum absolute atomic E-state index is 13.1. The molecular weight excluding hydrogens is 179 g/mol. The van der Waals surface area contributed by atoms with Crippen LogP contribution in [-0.2, 0) is 11.3 Å². The Labute approximate surface area is 83.9 Å². The molecule has 1 saturated carbocycles. The summed E-state index contributed by atoms with van der Waals surface area (Å²) in [5, 5.41) is 0. The fourth-order valence-corrected chi connectivity index (χ4v) is 1.40. The van der Waals surface area contributed by atoms with Crippen molar-refractivity contribution in [1.82, 2.24) is 0 Å². The fraction of sp³-hybridized carbons (Fsp3) is 0.500. The van der Waals surface area contributed by atoms with Crippen molar-refractivity contribution < 1.29 is 9.13 Å². The zero-order valence-corrected chi connectivity index (χ0v) is 8.21. The lowest BCUT2D eigenvalue weighted by Gasteiger charge is -2.06. The van der Waals surface area contributed by atoms with Gasteiger partial charge in [0.05, 0.1) is 13.2 Å². The van der Waals surface area contributed by atoms with Crippen molar-refractivity contribution in [2.45, 2.75) is 31.5 Å². The molecule has 0 atom stereocenters. The molecule has 0 N–H and O–H groups in total. The molecule has 14 heavy (non-hydrogen) atoms. The van der Waals surface area contributed by atoms with Crippen LogP contribution in [0.5, 0.6) is 0 Å². The standard InChI is InChI=1S/C12H15FO/c13-12(6-7-12)8-9-14-10-11-4-2-1-3-5-11/h1-5H,6-10H2. The summed E-state index contributed by atoms with van der Waals surface area (Å²) in [6.45, 7) is 1.13. The van der Waals surface area contributed by atoms with Crippen molar-refractivity contribution in [2.24, 2.45) is 0 Å². The second-order valence-corrected chi connectivity index (χ2v) is 3.94. The zero-order valence-electron chi connectivity index (χ0n) is 8.21. The summed E-state index contributed by atoms with van der Waals surface area (Å²) < 4.78 is 18.5. The minimum atomic E-state index is -0.878. The molecule has 0 aliphatic heterocycles. The van der Waals surface area contributed by atoms with E-state index in [2.05, 4.69) is 0 Å². The van der Waals surface area contributed by atoms with E-state index in [4.69, 9.17) is 4.74 Å². The summed E-state index contributed by atoms with van der Waals surface area (Å²) in [4.78, 5) is 0. The smallest absolute Gasteiger partial charge is 0.113 e. The van der Waals surface area contributed by atoms with Crippen LogP contribution in [0.3, 0.4) is 0 Å². The molecule has 1 aromatic carbocycles. The first kappa shape index (κ1) is 9.66. The summed E-state index contributed by atoms with van der Waals surface area (Å²) in [5.74, 6) is 0. The normalized spacial score (nSPS) is 18.1. The largest absolute Gasteiger partial charge is 0.377 e. The van der Waals surface area contributed by atoms with Crippen molar-refractivity contribution >= 4 is 0 Å². The lowest BCUT2D eigenvalue weighted by atomic mass is 10.2. The Balaban J connectivity index is 1.63. The number of benzene rings is 1. The summed E-state index contributed by atoms with van der Waals surface area (Å²) in [5.41, 5.74) is 0.271. The number of hydrogen-bond donors (Lipinski definition) is 0. The predicted octanol–water partition coefficient (Wildman–Crippen LogP) is 3.10. The van der Waals surface area contributed by atoms with Crippen LogP contribution < -0.4 is 0 Å². The van der Waals surface area contributed by atoms with E-state index in [1.165, 1.54) is 0 Å². The van der Waals surface area contributed by atoms with Crippen LogP contribution in [-0.4, -0.2) is 12.3 Å². The zero-order chi connectivity index (χ0) is 9.86. The molecule has 2 heteroatoms. The molecule has 1 aliphatic rings. The average molecular weight is 194 g/mol. The highest BCUT2D eigenvalue weighted by Crippen LogP contribution is 2.42. The van der Waals surface area contributed by atoms with Crippen LogP contribution in [0.2, 0.25) is 0 Å². The van der Waals surface area contributed by atoms with Gasteiger partial charge in [-0.2, -0.15) is 0 Å². The van der Waals surface area contributed by atoms with Gasteiger partial charge in [-0.1, -0.05) is 30.3 Å². The van der Waals surface area contributed by atoms with Crippen molar-refractivity contribution in [2.75, 3.05) is 6.61 Å². The van der Waals surface area contributed by atoms with Crippen LogP contribution >= 0.6 is 0 Å². The van der Waals surface area contributed by atoms with Crippen LogP contribution in [0.4, 0.5) is 4.39 Å². The van der Waals surface area contributed by atoms with Crippen molar-refractivity contribution in [1.29, 1.82) is 0 Å². The Bertz CT molecular complexity index is 280. The summed E-state index contributed by atoms with van der Waals surface area (Å²) >= 11 is 0. The molecule has 0 spiro atoms. The predicted molar refractivity (Wildman–Crippen MR) is 53.8 cm³/mol. The van der Waals surface area contributed by atoms with Gasteiger partial charge in [-0.25, -0.2) is 4.39 Å². The number of rotatable bonds is 5. The highest BCUT2D eigenvalue weighted by Gasteiger charge is 2.42. The molecule has 0 aromatic heterocycles. The Morgan fingerprint density at radius 2 is 1.93 bits per heavy atom. The molecule has 0 bridgehead atoms. The molecule has 1 nitrogen and oxygen atoms in total. The first-order chi connectivity index (χ1) is 6.79. The van der Waals surface area contributed by atoms with E-state index < -0.39 is 5.67 Å². The maximum atomic E-state index is 13.1. The Hall–Kier alpha value is -0.890. The van der Waals surface area contributed by atoms with E-state index >= 15 is 0 Å². The third-order valence-corrected chi connectivity index (χ3v) is 2.60. The third kappa shape index (κ3) is 2.81. The number of ether oxygens (including phenoxy) is 1. The second-order valence-electron chi connectivity index (χ2n) is 3.94. The Morgan fingerprint density at radius 1 is 1.21 bits per heavy atom. The van der Waals surface area contributed by atoms with Crippen LogP contribution in [0.15, 0.2) is 30.3 Å². The van der Waals surface area contributed by atoms with E-state index in [-0.39, 0.29) is 0 Å². The highest BCUT2D eigenvalue weighted by molar-refractivity contribution is 5.13. The molecule has 0 radical (unpaired) electrons. The first-order valence-electron chi connectivity index (χ1n) is 5.09. The molecule has 1 aliphatic carbocycles. The number of halogens is 1. The average Bonchev–Trinajstić information content (AvgIpc) is 2.94. The van der Waals surface area contributed by atoms with E-state index in [0.29, 0.717) is 19.6 Å². The van der Waals surface area contributed by atoms with Crippen molar-refractivity contribution in [3.8, 4) is 0 Å². The van der Waals surface area contributed by atoms with Gasteiger partial charge < -0.3 is 4.74 Å². The second kappa shape index (κ2) is 4.09. The van der Waals surface area contributed by atoms with Gasteiger partial charge in [0.15, 0.2) is 0 Å². The lowest BCUT2D eigenvalue weighted by Crippen LogP contribution is -2.05. The number of alkyl halides is 1. The van der Waals surface area contributed by atoms with E-state index in [1.54, 1.807) is 0 Å². The Morgan fingerprint density at radius 3 is 2.57 bits per heavy atom. The summed E-state index contributed by atoms with van der Waals surface area (Å²) in [6.07, 6.45) is 2.00. The highest BCUT2D eigenvalue weighted by atomic mass is 19.1. The SMILES string of the molecule is FC1(CCOCc2ccccc2)CC1. The molecule has 0 saturated heterocycles. The van der Waals surface area contributed by atoms with Gasteiger partial charge in [0, 0.05) is 6.42 Å². The van der Waals surface area contributed by atoms with Gasteiger partial charge in [0.25, 0.3) is 0 Å². The van der Waals surface area contributed by atoms with Crippen LogP contribution in [0, 0.1) is 0 Å². The number of hydrogen-bond acceptors (Lipinski definition) is 1. The van der Waals surface area contributed by atoms with Crippen molar-refractivity contribution in [3.05, 3.63) is 35.9 Å². The molecule has 1 fully saturated rings. The molecule has 0 amide bonds. The van der Waals surface area contributed by atoms with Gasteiger partial charge in [-0.3, -0.25) is 0 Å². The van der Waals surface area contributed by atoms with E-state index in [1.807, 2.05) is 30.3 Å². The minimum Gasteiger partial charge on any atom is -0.377 e.